The van der Waals surface area contributed by atoms with Crippen LogP contribution in [-0.2, 0) is 0 Å². The van der Waals surface area contributed by atoms with Crippen LogP contribution in [0.1, 0.15) is 49.6 Å². The van der Waals surface area contributed by atoms with E-state index in [1.54, 1.807) is 18.0 Å². The Kier molecular flexibility index (Phi) is 5.71. The Morgan fingerprint density at radius 3 is 2.58 bits per heavy atom. The van der Waals surface area contributed by atoms with Gasteiger partial charge in [-0.1, -0.05) is 61.4 Å². The molecule has 2 aromatic carbocycles. The van der Waals surface area contributed by atoms with Gasteiger partial charge in [0.2, 0.25) is 0 Å². The molecule has 1 aliphatic rings. The zero-order valence-electron chi connectivity index (χ0n) is 17.1. The normalized spacial score (nSPS) is 15.1. The van der Waals surface area contributed by atoms with Crippen molar-refractivity contribution in [2.75, 3.05) is 0 Å². The largest absolute Gasteiger partial charge is 0.448 e. The van der Waals surface area contributed by atoms with E-state index in [-0.39, 0.29) is 11.5 Å². The number of para-hydroxylation sites is 1. The van der Waals surface area contributed by atoms with Gasteiger partial charge < -0.3 is 4.42 Å². The summed E-state index contributed by atoms with van der Waals surface area (Å²) >= 11 is 1.55. The highest BCUT2D eigenvalue weighted by Gasteiger charge is 2.22. The van der Waals surface area contributed by atoms with Gasteiger partial charge in [-0.25, -0.2) is 4.98 Å². The van der Waals surface area contributed by atoms with Gasteiger partial charge >= 0.3 is 0 Å². The number of benzene rings is 2. The second-order valence-corrected chi connectivity index (χ2v) is 8.83. The fourth-order valence-corrected chi connectivity index (χ4v) is 4.85. The lowest BCUT2D eigenvalue weighted by Crippen LogP contribution is -2.25. The summed E-state index contributed by atoms with van der Waals surface area (Å²) in [6, 6.07) is 21.3. The third kappa shape index (κ3) is 4.35. The number of aromatic nitrogens is 2. The zero-order valence-corrected chi connectivity index (χ0v) is 17.9. The molecular formula is C25H23N3O2S. The highest BCUT2D eigenvalue weighted by molar-refractivity contribution is 7.99. The number of nitrogens with zero attached hydrogens (tertiary/aromatic N) is 3. The molecule has 2 heterocycles. The Bertz CT molecular complexity index is 1270. The smallest absolute Gasteiger partial charge is 0.282 e. The molecule has 1 fully saturated rings. The van der Waals surface area contributed by atoms with Gasteiger partial charge in [0.1, 0.15) is 11.6 Å². The number of furan rings is 1. The summed E-state index contributed by atoms with van der Waals surface area (Å²) in [7, 11) is 0. The second-order valence-electron chi connectivity index (χ2n) is 7.76. The van der Waals surface area contributed by atoms with Gasteiger partial charge in [-0.3, -0.25) is 4.79 Å². The van der Waals surface area contributed by atoms with Crippen LogP contribution in [0.4, 0.5) is 0 Å². The minimum atomic E-state index is -0.132. The summed E-state index contributed by atoms with van der Waals surface area (Å²) in [5.41, 5.74) is 0.604. The van der Waals surface area contributed by atoms with E-state index >= 15 is 0 Å². The van der Waals surface area contributed by atoms with Crippen LogP contribution < -0.4 is 5.56 Å². The van der Waals surface area contributed by atoms with Crippen molar-refractivity contribution in [3.63, 3.8) is 0 Å². The zero-order chi connectivity index (χ0) is 21.0. The fourth-order valence-electron chi connectivity index (χ4n) is 4.06. The first-order valence-electron chi connectivity index (χ1n) is 10.7. The Morgan fingerprint density at radius 1 is 0.968 bits per heavy atom. The maximum absolute atomic E-state index is 13.2. The summed E-state index contributed by atoms with van der Waals surface area (Å²) < 4.78 is 7.38. The van der Waals surface area contributed by atoms with Crippen molar-refractivity contribution < 1.29 is 4.42 Å². The van der Waals surface area contributed by atoms with Gasteiger partial charge in [0, 0.05) is 10.8 Å². The fraction of sp³-hybridized carbons (Fsp3) is 0.240. The molecule has 5 rings (SSSR count). The lowest BCUT2D eigenvalue weighted by Gasteiger charge is -2.22. The van der Waals surface area contributed by atoms with Gasteiger partial charge in [-0.2, -0.15) is 9.78 Å². The molecule has 0 N–H and O–H groups in total. The summed E-state index contributed by atoms with van der Waals surface area (Å²) in [6.45, 7) is 0. The Hall–Kier alpha value is -3.12. The van der Waals surface area contributed by atoms with Crippen LogP contribution in [0.2, 0.25) is 0 Å². The molecule has 31 heavy (non-hydrogen) atoms. The second kappa shape index (κ2) is 8.94. The molecule has 0 amide bonds. The van der Waals surface area contributed by atoms with Gasteiger partial charge in [-0.15, -0.1) is 0 Å². The van der Waals surface area contributed by atoms with Gasteiger partial charge in [0.25, 0.3) is 5.56 Å². The van der Waals surface area contributed by atoms with Crippen molar-refractivity contribution in [2.24, 2.45) is 5.10 Å². The average molecular weight is 430 g/mol. The van der Waals surface area contributed by atoms with Crippen LogP contribution in [0.5, 0.6) is 0 Å². The SMILES string of the molecule is O=c1c2ccccc2nc(C2CCCCC2)n1N=Cc1ccc(Sc2ccccc2)o1. The van der Waals surface area contributed by atoms with Crippen molar-refractivity contribution in [1.29, 1.82) is 0 Å². The van der Waals surface area contributed by atoms with Gasteiger partial charge in [-0.05, 0) is 49.2 Å². The first kappa shape index (κ1) is 19.8. The van der Waals surface area contributed by atoms with E-state index in [1.807, 2.05) is 66.7 Å². The lowest BCUT2D eigenvalue weighted by molar-refractivity contribution is 0.416. The number of hydrogen-bond acceptors (Lipinski definition) is 5. The predicted octanol–water partition coefficient (Wildman–Crippen LogP) is 6.07. The molecular weight excluding hydrogens is 406 g/mol. The summed E-state index contributed by atoms with van der Waals surface area (Å²) in [4.78, 5) is 19.2. The maximum Gasteiger partial charge on any atom is 0.282 e. The molecule has 156 valence electrons. The minimum Gasteiger partial charge on any atom is -0.448 e. The molecule has 4 aromatic rings. The molecule has 0 bridgehead atoms. The van der Waals surface area contributed by atoms with Gasteiger partial charge in [0.15, 0.2) is 5.09 Å². The molecule has 0 saturated heterocycles. The minimum absolute atomic E-state index is 0.132. The Balaban J connectivity index is 1.48. The molecule has 0 aliphatic heterocycles. The average Bonchev–Trinajstić information content (AvgIpc) is 3.27. The highest BCUT2D eigenvalue weighted by Crippen LogP contribution is 2.32. The first-order valence-corrected chi connectivity index (χ1v) is 11.5. The van der Waals surface area contributed by atoms with E-state index < -0.39 is 0 Å². The van der Waals surface area contributed by atoms with Crippen LogP contribution in [0, 0.1) is 0 Å². The van der Waals surface area contributed by atoms with Crippen molar-refractivity contribution >= 4 is 28.9 Å². The topological polar surface area (TPSA) is 60.4 Å². The molecule has 5 nitrogen and oxygen atoms in total. The van der Waals surface area contributed by atoms with E-state index in [9.17, 15) is 4.79 Å². The number of hydrogen-bond donors (Lipinski definition) is 0. The van der Waals surface area contributed by atoms with Crippen molar-refractivity contribution in [3.05, 3.63) is 88.7 Å². The molecule has 0 radical (unpaired) electrons. The van der Waals surface area contributed by atoms with E-state index in [0.717, 1.165) is 47.0 Å². The molecule has 6 heteroatoms. The molecule has 2 aromatic heterocycles. The van der Waals surface area contributed by atoms with Crippen LogP contribution >= 0.6 is 11.8 Å². The Morgan fingerprint density at radius 2 is 1.74 bits per heavy atom. The quantitative estimate of drug-likeness (QED) is 0.361. The third-order valence-corrected chi connectivity index (χ3v) is 6.54. The van der Waals surface area contributed by atoms with Crippen LogP contribution in [0.3, 0.4) is 0 Å². The van der Waals surface area contributed by atoms with Crippen molar-refractivity contribution in [1.82, 2.24) is 9.66 Å². The summed E-state index contributed by atoms with van der Waals surface area (Å²) in [5.74, 6) is 1.61. The van der Waals surface area contributed by atoms with Crippen LogP contribution in [0.15, 0.2) is 91.0 Å². The lowest BCUT2D eigenvalue weighted by atomic mass is 9.88. The summed E-state index contributed by atoms with van der Waals surface area (Å²) in [5, 5.41) is 5.90. The molecule has 0 atom stereocenters. The molecule has 1 saturated carbocycles. The van der Waals surface area contributed by atoms with Crippen LogP contribution in [0.25, 0.3) is 10.9 Å². The Labute approximate surface area is 184 Å². The predicted molar refractivity (Wildman–Crippen MR) is 124 cm³/mol. The standard InChI is InChI=1S/C25H23N3O2S/c29-25-21-13-7-8-14-22(21)27-24(18-9-3-1-4-10-18)28(25)26-17-19-15-16-23(30-19)31-20-11-5-2-6-12-20/h2,5-8,11-18H,1,3-4,9-10H2. The van der Waals surface area contributed by atoms with Crippen molar-refractivity contribution in [3.8, 4) is 0 Å². The highest BCUT2D eigenvalue weighted by atomic mass is 32.2. The number of rotatable bonds is 5. The van der Waals surface area contributed by atoms with E-state index in [1.165, 1.54) is 11.1 Å². The monoisotopic (exact) mass is 429 g/mol. The van der Waals surface area contributed by atoms with E-state index in [0.29, 0.717) is 11.1 Å². The number of fused-ring (bicyclic) bond motifs is 1. The molecule has 0 unspecified atom stereocenters. The van der Waals surface area contributed by atoms with E-state index in [2.05, 4.69) is 5.10 Å². The first-order chi connectivity index (χ1) is 15.3. The molecule has 1 aliphatic carbocycles. The molecule has 0 spiro atoms. The maximum atomic E-state index is 13.2. The third-order valence-electron chi connectivity index (χ3n) is 5.61. The van der Waals surface area contributed by atoms with E-state index in [4.69, 9.17) is 9.40 Å². The summed E-state index contributed by atoms with van der Waals surface area (Å²) in [6.07, 6.45) is 7.26. The van der Waals surface area contributed by atoms with Gasteiger partial charge in [0.05, 0.1) is 17.1 Å². The van der Waals surface area contributed by atoms with Crippen LogP contribution in [-0.4, -0.2) is 15.9 Å². The van der Waals surface area contributed by atoms with Crippen molar-refractivity contribution in [2.45, 2.75) is 48.0 Å².